The monoisotopic (exact) mass is 248 g/mol. The van der Waals surface area contributed by atoms with Crippen LogP contribution in [-0.2, 0) is 6.54 Å². The first-order chi connectivity index (χ1) is 8.00. The zero-order chi connectivity index (χ0) is 12.8. The summed E-state index contributed by atoms with van der Waals surface area (Å²) in [6.07, 6.45) is -1.31. The molecule has 1 N–H and O–H groups in total. The summed E-state index contributed by atoms with van der Waals surface area (Å²) in [6.45, 7) is 3.29. The Hall–Kier alpha value is -1.30. The normalized spacial score (nSPS) is 11.2. The fraction of sp³-hybridized carbons (Fsp3) is 0.545. The molecule has 3 nitrogen and oxygen atoms in total. The summed E-state index contributed by atoms with van der Waals surface area (Å²) in [5.74, 6) is -1.07. The second-order valence-corrected chi connectivity index (χ2v) is 3.83. The maximum Gasteiger partial charge on any atom is 0.272 e. The molecule has 1 rings (SSSR count). The van der Waals surface area contributed by atoms with Crippen molar-refractivity contribution in [2.24, 2.45) is 0 Å². The number of pyridine rings is 1. The molecule has 0 saturated heterocycles. The van der Waals surface area contributed by atoms with Crippen LogP contribution in [0, 0.1) is 5.82 Å². The average molecular weight is 248 g/mol. The van der Waals surface area contributed by atoms with Crippen molar-refractivity contribution in [1.29, 1.82) is 0 Å². The summed E-state index contributed by atoms with van der Waals surface area (Å²) in [5, 5.41) is 3.02. The lowest BCUT2D eigenvalue weighted by molar-refractivity contribution is 0.0772. The third-order valence-electron chi connectivity index (χ3n) is 1.98. The van der Waals surface area contributed by atoms with Gasteiger partial charge in [-0.05, 0) is 6.07 Å². The molecule has 0 spiro atoms. The predicted molar refractivity (Wildman–Crippen MR) is 57.7 cm³/mol. The molecule has 0 bridgehead atoms. The van der Waals surface area contributed by atoms with Crippen molar-refractivity contribution in [3.05, 3.63) is 23.6 Å². The number of nitrogens with one attached hydrogen (secondary N) is 1. The van der Waals surface area contributed by atoms with Gasteiger partial charge in [-0.15, -0.1) is 0 Å². The SMILES string of the molecule is CC(C)NCc1ccnc(OCC(F)F)c1F. The highest BCUT2D eigenvalue weighted by Crippen LogP contribution is 2.17. The van der Waals surface area contributed by atoms with Gasteiger partial charge in [0.05, 0.1) is 0 Å². The number of ether oxygens (including phenoxy) is 1. The molecular formula is C11H15F3N2O. The van der Waals surface area contributed by atoms with E-state index in [1.54, 1.807) is 0 Å². The minimum absolute atomic E-state index is 0.202. The van der Waals surface area contributed by atoms with Gasteiger partial charge in [-0.3, -0.25) is 0 Å². The van der Waals surface area contributed by atoms with E-state index in [-0.39, 0.29) is 11.9 Å². The van der Waals surface area contributed by atoms with Gasteiger partial charge in [0.15, 0.2) is 12.4 Å². The first-order valence-corrected chi connectivity index (χ1v) is 5.28. The molecule has 0 saturated carbocycles. The third kappa shape index (κ3) is 4.60. The Bertz CT molecular complexity index is 328. The van der Waals surface area contributed by atoms with Crippen LogP contribution in [0.4, 0.5) is 13.2 Å². The zero-order valence-electron chi connectivity index (χ0n) is 9.71. The van der Waals surface area contributed by atoms with E-state index in [1.165, 1.54) is 12.3 Å². The molecule has 0 amide bonds. The summed E-state index contributed by atoms with van der Waals surface area (Å²) in [5.41, 5.74) is 0.345. The number of aromatic nitrogens is 1. The third-order valence-corrected chi connectivity index (χ3v) is 1.98. The van der Waals surface area contributed by atoms with E-state index >= 15 is 0 Å². The van der Waals surface area contributed by atoms with Crippen LogP contribution in [0.5, 0.6) is 5.88 Å². The van der Waals surface area contributed by atoms with Crippen molar-refractivity contribution in [2.45, 2.75) is 32.9 Å². The van der Waals surface area contributed by atoms with Gasteiger partial charge in [0, 0.05) is 24.3 Å². The molecule has 0 aliphatic heterocycles. The highest BCUT2D eigenvalue weighted by molar-refractivity contribution is 5.23. The number of nitrogens with zero attached hydrogens (tertiary/aromatic N) is 1. The van der Waals surface area contributed by atoms with Gasteiger partial charge in [-0.1, -0.05) is 13.8 Å². The summed E-state index contributed by atoms with van der Waals surface area (Å²) in [6, 6.07) is 1.69. The van der Waals surface area contributed by atoms with Gasteiger partial charge >= 0.3 is 0 Å². The van der Waals surface area contributed by atoms with E-state index in [0.717, 1.165) is 0 Å². The molecule has 0 radical (unpaired) electrons. The average Bonchev–Trinajstić information content (AvgIpc) is 2.25. The van der Waals surface area contributed by atoms with Crippen molar-refractivity contribution in [1.82, 2.24) is 10.3 Å². The molecule has 0 atom stereocenters. The van der Waals surface area contributed by atoms with Crippen molar-refractivity contribution in [2.75, 3.05) is 6.61 Å². The molecule has 0 unspecified atom stereocenters. The highest BCUT2D eigenvalue weighted by atomic mass is 19.3. The molecule has 17 heavy (non-hydrogen) atoms. The molecular weight excluding hydrogens is 233 g/mol. The maximum absolute atomic E-state index is 13.7. The molecule has 1 aromatic rings. The molecule has 0 aromatic carbocycles. The lowest BCUT2D eigenvalue weighted by Crippen LogP contribution is -2.22. The van der Waals surface area contributed by atoms with E-state index < -0.39 is 18.8 Å². The van der Waals surface area contributed by atoms with Crippen LogP contribution in [-0.4, -0.2) is 24.1 Å². The van der Waals surface area contributed by atoms with Gasteiger partial charge in [0.25, 0.3) is 12.3 Å². The Morgan fingerprint density at radius 3 is 2.71 bits per heavy atom. The first-order valence-electron chi connectivity index (χ1n) is 5.28. The van der Waals surface area contributed by atoms with Crippen LogP contribution >= 0.6 is 0 Å². The second-order valence-electron chi connectivity index (χ2n) is 3.83. The summed E-state index contributed by atoms with van der Waals surface area (Å²) in [7, 11) is 0. The van der Waals surface area contributed by atoms with E-state index in [0.29, 0.717) is 12.1 Å². The minimum Gasteiger partial charge on any atom is -0.470 e. The van der Waals surface area contributed by atoms with Crippen molar-refractivity contribution >= 4 is 0 Å². The van der Waals surface area contributed by atoms with Gasteiger partial charge in [-0.25, -0.2) is 18.2 Å². The van der Waals surface area contributed by atoms with Crippen molar-refractivity contribution < 1.29 is 17.9 Å². The van der Waals surface area contributed by atoms with Crippen LogP contribution < -0.4 is 10.1 Å². The molecule has 0 aliphatic carbocycles. The molecule has 6 heteroatoms. The Balaban J connectivity index is 2.69. The number of hydrogen-bond acceptors (Lipinski definition) is 3. The Kier molecular flexibility index (Phi) is 5.21. The van der Waals surface area contributed by atoms with Gasteiger partial charge in [-0.2, -0.15) is 0 Å². The summed E-state index contributed by atoms with van der Waals surface area (Å²) < 4.78 is 42.1. The largest absolute Gasteiger partial charge is 0.470 e. The van der Waals surface area contributed by atoms with E-state index in [2.05, 4.69) is 15.0 Å². The van der Waals surface area contributed by atoms with Crippen molar-refractivity contribution in [3.63, 3.8) is 0 Å². The highest BCUT2D eigenvalue weighted by Gasteiger charge is 2.13. The lowest BCUT2D eigenvalue weighted by atomic mass is 10.2. The maximum atomic E-state index is 13.7. The minimum atomic E-state index is -2.64. The Morgan fingerprint density at radius 2 is 2.12 bits per heavy atom. The lowest BCUT2D eigenvalue weighted by Gasteiger charge is -2.11. The standard InChI is InChI=1S/C11H15F3N2O/c1-7(2)16-5-8-3-4-15-11(10(8)14)17-6-9(12)13/h3-4,7,9,16H,5-6H2,1-2H3. The van der Waals surface area contributed by atoms with Crippen LogP contribution in [0.15, 0.2) is 12.3 Å². The molecule has 1 heterocycles. The fourth-order valence-electron chi connectivity index (χ4n) is 1.16. The van der Waals surface area contributed by atoms with Crippen LogP contribution in [0.25, 0.3) is 0 Å². The Labute approximate surface area is 98.0 Å². The zero-order valence-corrected chi connectivity index (χ0v) is 9.71. The number of rotatable bonds is 6. The van der Waals surface area contributed by atoms with E-state index in [4.69, 9.17) is 0 Å². The number of alkyl halides is 2. The predicted octanol–water partition coefficient (Wildman–Crippen LogP) is 2.36. The topological polar surface area (TPSA) is 34.2 Å². The van der Waals surface area contributed by atoms with Crippen LogP contribution in [0.3, 0.4) is 0 Å². The smallest absolute Gasteiger partial charge is 0.272 e. The Morgan fingerprint density at radius 1 is 1.41 bits per heavy atom. The summed E-state index contributed by atoms with van der Waals surface area (Å²) >= 11 is 0. The van der Waals surface area contributed by atoms with Gasteiger partial charge < -0.3 is 10.1 Å². The number of halogens is 3. The van der Waals surface area contributed by atoms with Crippen LogP contribution in [0.1, 0.15) is 19.4 Å². The fourth-order valence-corrected chi connectivity index (χ4v) is 1.16. The van der Waals surface area contributed by atoms with Gasteiger partial charge in [0.1, 0.15) is 0 Å². The van der Waals surface area contributed by atoms with Crippen LogP contribution in [0.2, 0.25) is 0 Å². The molecule has 0 aliphatic rings. The van der Waals surface area contributed by atoms with Gasteiger partial charge in [0.2, 0.25) is 0 Å². The second kappa shape index (κ2) is 6.44. The summed E-state index contributed by atoms with van der Waals surface area (Å²) in [4.78, 5) is 3.58. The first kappa shape index (κ1) is 13.8. The van der Waals surface area contributed by atoms with Crippen molar-refractivity contribution in [3.8, 4) is 5.88 Å². The quantitative estimate of drug-likeness (QED) is 0.839. The number of hydrogen-bond donors (Lipinski definition) is 1. The molecule has 1 aromatic heterocycles. The van der Waals surface area contributed by atoms with E-state index in [9.17, 15) is 13.2 Å². The molecule has 96 valence electrons. The van der Waals surface area contributed by atoms with E-state index in [1.807, 2.05) is 13.8 Å². The molecule has 0 fully saturated rings.